The van der Waals surface area contributed by atoms with Crippen molar-refractivity contribution in [2.75, 3.05) is 5.32 Å². The number of aryl methyl sites for hydroxylation is 1. The number of nitrogens with one attached hydrogen (secondary N) is 1. The average Bonchev–Trinajstić information content (AvgIpc) is 2.76. The Bertz CT molecular complexity index is 756. The fourth-order valence-corrected chi connectivity index (χ4v) is 2.00. The van der Waals surface area contributed by atoms with E-state index in [0.717, 1.165) is 0 Å². The van der Waals surface area contributed by atoms with Gasteiger partial charge in [-0.2, -0.15) is 0 Å². The van der Waals surface area contributed by atoms with Crippen LogP contribution in [0.25, 0.3) is 11.2 Å². The normalized spacial score (nSPS) is 10.9. The monoisotopic (exact) mass is 322 g/mol. The molecule has 19 heavy (non-hydrogen) atoms. The molecule has 2 aromatic heterocycles. The second kappa shape index (κ2) is 4.54. The standard InChI is InChI=1S/C11H8BrFN6/c1-19-11-9(17-18-19)10(14-5-15-11)16-8-3-2-6(12)4-7(8)13/h2-5H,1H3,(H,14,15,16). The maximum absolute atomic E-state index is 13.8. The number of fused-ring (bicyclic) bond motifs is 1. The molecule has 1 aromatic carbocycles. The summed E-state index contributed by atoms with van der Waals surface area (Å²) in [7, 11) is 1.73. The van der Waals surface area contributed by atoms with Crippen molar-refractivity contribution in [3.63, 3.8) is 0 Å². The molecule has 0 saturated carbocycles. The first-order valence-corrected chi connectivity index (χ1v) is 6.17. The van der Waals surface area contributed by atoms with Gasteiger partial charge in [-0.1, -0.05) is 21.1 Å². The molecule has 0 unspecified atom stereocenters. The highest BCUT2D eigenvalue weighted by molar-refractivity contribution is 9.10. The molecular weight excluding hydrogens is 315 g/mol. The van der Waals surface area contributed by atoms with Gasteiger partial charge >= 0.3 is 0 Å². The minimum atomic E-state index is -0.384. The van der Waals surface area contributed by atoms with Gasteiger partial charge in [-0.15, -0.1) is 5.10 Å². The van der Waals surface area contributed by atoms with E-state index in [1.54, 1.807) is 19.2 Å². The minimum Gasteiger partial charge on any atom is -0.336 e. The first kappa shape index (κ1) is 12.0. The van der Waals surface area contributed by atoms with Crippen molar-refractivity contribution in [2.24, 2.45) is 7.05 Å². The number of hydrogen-bond donors (Lipinski definition) is 1. The Kier molecular flexibility index (Phi) is 2.86. The molecule has 96 valence electrons. The highest BCUT2D eigenvalue weighted by atomic mass is 79.9. The molecule has 0 saturated heterocycles. The number of nitrogens with zero attached hydrogens (tertiary/aromatic N) is 5. The van der Waals surface area contributed by atoms with Gasteiger partial charge in [-0.25, -0.2) is 19.0 Å². The van der Waals surface area contributed by atoms with Crippen LogP contribution in [0.4, 0.5) is 15.9 Å². The summed E-state index contributed by atoms with van der Waals surface area (Å²) in [5, 5.41) is 10.7. The Balaban J connectivity index is 2.06. The Morgan fingerprint density at radius 3 is 2.95 bits per heavy atom. The first-order valence-electron chi connectivity index (χ1n) is 5.37. The van der Waals surface area contributed by atoms with Crippen molar-refractivity contribution in [3.8, 4) is 0 Å². The molecule has 0 aliphatic rings. The Labute approximate surface area is 115 Å². The van der Waals surface area contributed by atoms with E-state index in [9.17, 15) is 4.39 Å². The average molecular weight is 323 g/mol. The van der Waals surface area contributed by atoms with Crippen LogP contribution in [0.15, 0.2) is 29.0 Å². The molecule has 0 atom stereocenters. The smallest absolute Gasteiger partial charge is 0.183 e. The van der Waals surface area contributed by atoms with Crippen molar-refractivity contribution in [1.82, 2.24) is 25.0 Å². The van der Waals surface area contributed by atoms with Gasteiger partial charge in [0.1, 0.15) is 12.1 Å². The third-order valence-corrected chi connectivity index (χ3v) is 3.07. The zero-order chi connectivity index (χ0) is 13.4. The molecule has 3 aromatic rings. The summed E-state index contributed by atoms with van der Waals surface area (Å²) in [6.45, 7) is 0. The molecule has 0 radical (unpaired) electrons. The summed E-state index contributed by atoms with van der Waals surface area (Å²) in [5.74, 6) is 0.0318. The maximum atomic E-state index is 13.8. The maximum Gasteiger partial charge on any atom is 0.183 e. The quantitative estimate of drug-likeness (QED) is 0.784. The highest BCUT2D eigenvalue weighted by Crippen LogP contribution is 2.24. The van der Waals surface area contributed by atoms with E-state index < -0.39 is 0 Å². The van der Waals surface area contributed by atoms with E-state index >= 15 is 0 Å². The molecular formula is C11H8BrFN6. The predicted octanol–water partition coefficient (Wildman–Crippen LogP) is 2.40. The van der Waals surface area contributed by atoms with E-state index in [4.69, 9.17) is 0 Å². The molecule has 1 N–H and O–H groups in total. The lowest BCUT2D eigenvalue weighted by atomic mass is 10.3. The van der Waals surface area contributed by atoms with Crippen LogP contribution >= 0.6 is 15.9 Å². The molecule has 0 fully saturated rings. The molecule has 0 aliphatic heterocycles. The highest BCUT2D eigenvalue weighted by Gasteiger charge is 2.11. The van der Waals surface area contributed by atoms with E-state index in [1.165, 1.54) is 17.1 Å². The van der Waals surface area contributed by atoms with Crippen LogP contribution in [0.2, 0.25) is 0 Å². The van der Waals surface area contributed by atoms with Crippen LogP contribution in [0.3, 0.4) is 0 Å². The largest absolute Gasteiger partial charge is 0.336 e. The molecule has 0 bridgehead atoms. The van der Waals surface area contributed by atoms with Crippen molar-refractivity contribution in [1.29, 1.82) is 0 Å². The molecule has 3 rings (SSSR count). The van der Waals surface area contributed by atoms with Gasteiger partial charge in [0.25, 0.3) is 0 Å². The van der Waals surface area contributed by atoms with E-state index in [1.807, 2.05) is 0 Å². The third kappa shape index (κ3) is 2.14. The van der Waals surface area contributed by atoms with Gasteiger partial charge in [0.2, 0.25) is 0 Å². The van der Waals surface area contributed by atoms with E-state index in [2.05, 4.69) is 41.5 Å². The molecule has 0 amide bonds. The second-order valence-corrected chi connectivity index (χ2v) is 4.77. The van der Waals surface area contributed by atoms with E-state index in [-0.39, 0.29) is 5.82 Å². The number of benzene rings is 1. The number of rotatable bonds is 2. The topological polar surface area (TPSA) is 68.5 Å². The summed E-state index contributed by atoms with van der Waals surface area (Å²) >= 11 is 3.21. The molecule has 2 heterocycles. The molecule has 6 nitrogen and oxygen atoms in total. The first-order chi connectivity index (χ1) is 9.15. The number of hydrogen-bond acceptors (Lipinski definition) is 5. The van der Waals surface area contributed by atoms with Crippen LogP contribution in [0, 0.1) is 5.82 Å². The van der Waals surface area contributed by atoms with Crippen molar-refractivity contribution < 1.29 is 4.39 Å². The number of anilines is 2. The van der Waals surface area contributed by atoms with Crippen molar-refractivity contribution in [2.45, 2.75) is 0 Å². The zero-order valence-electron chi connectivity index (χ0n) is 9.80. The van der Waals surface area contributed by atoms with Crippen molar-refractivity contribution in [3.05, 3.63) is 34.8 Å². The van der Waals surface area contributed by atoms with Gasteiger partial charge in [-0.05, 0) is 18.2 Å². The predicted molar refractivity (Wildman–Crippen MR) is 71.5 cm³/mol. The third-order valence-electron chi connectivity index (χ3n) is 2.57. The Hall–Kier alpha value is -2.09. The SMILES string of the molecule is Cn1nnc2c(Nc3ccc(Br)cc3F)ncnc21. The molecule has 8 heteroatoms. The molecule has 0 aliphatic carbocycles. The van der Waals surface area contributed by atoms with Crippen LogP contribution in [-0.4, -0.2) is 25.0 Å². The Morgan fingerprint density at radius 1 is 1.32 bits per heavy atom. The summed E-state index contributed by atoms with van der Waals surface area (Å²) in [5.41, 5.74) is 1.39. The zero-order valence-corrected chi connectivity index (χ0v) is 11.4. The molecule has 0 spiro atoms. The van der Waals surface area contributed by atoms with Gasteiger partial charge in [0.05, 0.1) is 5.69 Å². The lowest BCUT2D eigenvalue weighted by Gasteiger charge is -2.06. The lowest BCUT2D eigenvalue weighted by Crippen LogP contribution is -1.99. The minimum absolute atomic E-state index is 0.314. The van der Waals surface area contributed by atoms with Crippen LogP contribution in [0.5, 0.6) is 0 Å². The van der Waals surface area contributed by atoms with Gasteiger partial charge in [0, 0.05) is 11.5 Å². The second-order valence-electron chi connectivity index (χ2n) is 3.86. The Morgan fingerprint density at radius 2 is 2.16 bits per heavy atom. The van der Waals surface area contributed by atoms with Gasteiger partial charge in [-0.3, -0.25) is 0 Å². The van der Waals surface area contributed by atoms with Crippen molar-refractivity contribution >= 4 is 38.6 Å². The van der Waals surface area contributed by atoms with Gasteiger partial charge < -0.3 is 5.32 Å². The fraction of sp³-hybridized carbons (Fsp3) is 0.0909. The fourth-order valence-electron chi connectivity index (χ4n) is 1.66. The van der Waals surface area contributed by atoms with E-state index in [0.29, 0.717) is 27.1 Å². The lowest BCUT2D eigenvalue weighted by molar-refractivity contribution is 0.631. The van der Waals surface area contributed by atoms with Crippen LogP contribution < -0.4 is 5.32 Å². The summed E-state index contributed by atoms with van der Waals surface area (Å²) in [6, 6.07) is 4.72. The summed E-state index contributed by atoms with van der Waals surface area (Å²) in [4.78, 5) is 8.13. The van der Waals surface area contributed by atoms with Crippen LogP contribution in [-0.2, 0) is 7.05 Å². The summed E-state index contributed by atoms with van der Waals surface area (Å²) < 4.78 is 16.0. The van der Waals surface area contributed by atoms with Gasteiger partial charge in [0.15, 0.2) is 17.0 Å². The number of halogens is 2. The summed E-state index contributed by atoms with van der Waals surface area (Å²) in [6.07, 6.45) is 1.38. The number of aromatic nitrogens is 5. The van der Waals surface area contributed by atoms with Crippen LogP contribution in [0.1, 0.15) is 0 Å².